The molecule has 0 saturated heterocycles. The van der Waals surface area contributed by atoms with Crippen molar-refractivity contribution in [2.24, 2.45) is 0 Å². The number of hydrogen-bond acceptors (Lipinski definition) is 8. The normalized spacial score (nSPS) is 11.2. The maximum absolute atomic E-state index is 13.1. The van der Waals surface area contributed by atoms with E-state index in [1.165, 1.54) is 30.5 Å². The second kappa shape index (κ2) is 10.0. The highest BCUT2D eigenvalue weighted by atomic mass is 32.2. The molecule has 0 unspecified atom stereocenters. The first-order valence-electron chi connectivity index (χ1n) is 9.19. The van der Waals surface area contributed by atoms with Crippen molar-refractivity contribution in [2.45, 2.75) is 18.0 Å². The number of halogens is 1. The number of hydrogen-bond donors (Lipinski definition) is 2. The van der Waals surface area contributed by atoms with Gasteiger partial charge in [-0.2, -0.15) is 4.72 Å². The quantitative estimate of drug-likeness (QED) is 0.266. The summed E-state index contributed by atoms with van der Waals surface area (Å²) in [6.07, 6.45) is 1.45. The van der Waals surface area contributed by atoms with Crippen LogP contribution >= 0.6 is 0 Å². The van der Waals surface area contributed by atoms with Gasteiger partial charge in [-0.25, -0.2) is 12.8 Å². The second-order valence-corrected chi connectivity index (χ2v) is 8.25. The monoisotopic (exact) mass is 463 g/mol. The number of rotatable bonds is 10. The van der Waals surface area contributed by atoms with E-state index in [0.29, 0.717) is 11.3 Å². The van der Waals surface area contributed by atoms with Gasteiger partial charge in [-0.15, -0.1) is 0 Å². The lowest BCUT2D eigenvalue weighted by Crippen LogP contribution is -2.30. The first kappa shape index (κ1) is 22.9. The molecule has 12 heteroatoms. The van der Waals surface area contributed by atoms with Crippen LogP contribution in [0.1, 0.15) is 11.3 Å². The Balaban J connectivity index is 1.62. The highest BCUT2D eigenvalue weighted by molar-refractivity contribution is 7.89. The molecular formula is C20H18FN3O7S. The first-order chi connectivity index (χ1) is 15.2. The Morgan fingerprint density at radius 1 is 1.16 bits per heavy atom. The molecule has 1 heterocycles. The first-order valence-corrected chi connectivity index (χ1v) is 10.7. The highest BCUT2D eigenvalue weighted by Crippen LogP contribution is 2.28. The summed E-state index contributed by atoms with van der Waals surface area (Å²) in [5.41, 5.74) is 0.0300. The fourth-order valence-electron chi connectivity index (χ4n) is 2.65. The number of ether oxygens (including phenoxy) is 1. The smallest absolute Gasteiger partial charge is 0.321 e. The molecule has 168 valence electrons. The van der Waals surface area contributed by atoms with Gasteiger partial charge >= 0.3 is 5.97 Å². The summed E-state index contributed by atoms with van der Waals surface area (Å²) in [7, 11) is -4.24. The minimum absolute atomic E-state index is 0.0971. The molecule has 0 aliphatic carbocycles. The minimum atomic E-state index is -4.24. The summed E-state index contributed by atoms with van der Waals surface area (Å²) in [5.74, 6) is -0.860. The molecule has 0 aliphatic heterocycles. The van der Waals surface area contributed by atoms with Crippen LogP contribution in [0.25, 0.3) is 0 Å². The summed E-state index contributed by atoms with van der Waals surface area (Å²) in [5, 5.41) is 14.2. The minimum Gasteiger partial charge on any atom is -0.467 e. The molecule has 0 radical (unpaired) electrons. The topological polar surface area (TPSA) is 141 Å². The number of carbonyl (C=O) groups excluding carboxylic acids is 1. The van der Waals surface area contributed by atoms with Gasteiger partial charge in [0.05, 0.1) is 22.6 Å². The van der Waals surface area contributed by atoms with Gasteiger partial charge < -0.3 is 14.5 Å². The van der Waals surface area contributed by atoms with Gasteiger partial charge in [0.1, 0.15) is 30.4 Å². The largest absolute Gasteiger partial charge is 0.467 e. The van der Waals surface area contributed by atoms with Crippen molar-refractivity contribution in [2.75, 3.05) is 11.9 Å². The third kappa shape index (κ3) is 6.12. The average Bonchev–Trinajstić information content (AvgIpc) is 3.28. The number of nitrogens with one attached hydrogen (secondary N) is 2. The zero-order valence-corrected chi connectivity index (χ0v) is 17.3. The van der Waals surface area contributed by atoms with E-state index in [1.54, 1.807) is 18.2 Å². The van der Waals surface area contributed by atoms with Crippen molar-refractivity contribution in [1.82, 2.24) is 4.72 Å². The van der Waals surface area contributed by atoms with Crippen molar-refractivity contribution in [1.29, 1.82) is 0 Å². The Bertz CT molecular complexity index is 1210. The molecule has 0 bridgehead atoms. The number of carbonyl (C=O) groups is 1. The predicted octanol–water partition coefficient (Wildman–Crippen LogP) is 2.96. The van der Waals surface area contributed by atoms with Crippen LogP contribution < -0.4 is 10.0 Å². The highest BCUT2D eigenvalue weighted by Gasteiger charge is 2.22. The summed E-state index contributed by atoms with van der Waals surface area (Å²) in [4.78, 5) is 22.1. The van der Waals surface area contributed by atoms with Gasteiger partial charge in [0, 0.05) is 6.07 Å². The number of esters is 1. The van der Waals surface area contributed by atoms with Crippen molar-refractivity contribution >= 4 is 27.4 Å². The Hall–Kier alpha value is -3.77. The van der Waals surface area contributed by atoms with E-state index >= 15 is 0 Å². The lowest BCUT2D eigenvalue weighted by atomic mass is 10.2. The number of nitrogens with zero attached hydrogens (tertiary/aromatic N) is 1. The zero-order valence-electron chi connectivity index (χ0n) is 16.5. The van der Waals surface area contributed by atoms with Gasteiger partial charge in [-0.05, 0) is 42.0 Å². The average molecular weight is 463 g/mol. The van der Waals surface area contributed by atoms with E-state index in [9.17, 15) is 27.7 Å². The molecule has 1 aromatic heterocycles. The fraction of sp³-hybridized carbons (Fsp3) is 0.150. The third-order valence-corrected chi connectivity index (χ3v) is 5.60. The van der Waals surface area contributed by atoms with Crippen molar-refractivity contribution in [3.8, 4) is 0 Å². The van der Waals surface area contributed by atoms with Crippen LogP contribution in [0.3, 0.4) is 0 Å². The Morgan fingerprint density at radius 2 is 1.97 bits per heavy atom. The maximum Gasteiger partial charge on any atom is 0.321 e. The van der Waals surface area contributed by atoms with Crippen LogP contribution in [0, 0.1) is 15.9 Å². The van der Waals surface area contributed by atoms with E-state index in [4.69, 9.17) is 9.15 Å². The van der Waals surface area contributed by atoms with Gasteiger partial charge in [0.15, 0.2) is 0 Å². The number of furan rings is 1. The van der Waals surface area contributed by atoms with Crippen LogP contribution in [-0.2, 0) is 32.7 Å². The summed E-state index contributed by atoms with van der Waals surface area (Å²) in [6.45, 7) is -0.779. The Morgan fingerprint density at radius 3 is 2.66 bits per heavy atom. The standard InChI is InChI=1S/C20H18FN3O7S/c21-15-4-1-3-14(9-15)13-31-20(25)12-23-32(28,29)17-6-7-18(19(10-17)24(26)27)22-11-16-5-2-8-30-16/h1-10,22-23H,11-13H2. The molecule has 0 amide bonds. The molecule has 2 N–H and O–H groups in total. The number of benzene rings is 2. The lowest BCUT2D eigenvalue weighted by molar-refractivity contribution is -0.384. The molecule has 32 heavy (non-hydrogen) atoms. The Labute approximate surface area is 182 Å². The van der Waals surface area contributed by atoms with Gasteiger partial charge in [-0.3, -0.25) is 14.9 Å². The zero-order chi connectivity index (χ0) is 23.1. The molecule has 3 aromatic rings. The molecular weight excluding hydrogens is 445 g/mol. The Kier molecular flexibility index (Phi) is 7.18. The van der Waals surface area contributed by atoms with E-state index < -0.39 is 43.9 Å². The molecule has 0 aliphatic rings. The van der Waals surface area contributed by atoms with E-state index in [2.05, 4.69) is 5.32 Å². The fourth-order valence-corrected chi connectivity index (χ4v) is 3.64. The SMILES string of the molecule is O=C(CNS(=O)(=O)c1ccc(NCc2ccco2)c([N+](=O)[O-])c1)OCc1cccc(F)c1. The summed E-state index contributed by atoms with van der Waals surface area (Å²) in [6, 6.07) is 12.0. The van der Waals surface area contributed by atoms with Crippen LogP contribution in [-0.4, -0.2) is 25.9 Å². The van der Waals surface area contributed by atoms with Crippen LogP contribution in [0.2, 0.25) is 0 Å². The van der Waals surface area contributed by atoms with E-state index in [1.807, 2.05) is 4.72 Å². The van der Waals surface area contributed by atoms with Gasteiger partial charge in [0.25, 0.3) is 5.69 Å². The van der Waals surface area contributed by atoms with Gasteiger partial charge in [-0.1, -0.05) is 12.1 Å². The van der Waals surface area contributed by atoms with Crippen LogP contribution in [0.15, 0.2) is 70.2 Å². The van der Waals surface area contributed by atoms with Gasteiger partial charge in [0.2, 0.25) is 10.0 Å². The van der Waals surface area contributed by atoms with Crippen molar-refractivity contribution in [3.05, 3.63) is 88.1 Å². The van der Waals surface area contributed by atoms with E-state index in [0.717, 1.165) is 12.1 Å². The summed E-state index contributed by atoms with van der Waals surface area (Å²) < 4.78 is 50.1. The second-order valence-electron chi connectivity index (χ2n) is 6.48. The number of anilines is 1. The maximum atomic E-state index is 13.1. The lowest BCUT2D eigenvalue weighted by Gasteiger charge is -2.10. The predicted molar refractivity (Wildman–Crippen MR) is 111 cm³/mol. The van der Waals surface area contributed by atoms with E-state index in [-0.39, 0.29) is 18.8 Å². The molecule has 0 fully saturated rings. The molecule has 2 aromatic carbocycles. The number of nitro benzene ring substituents is 1. The molecule has 0 saturated carbocycles. The third-order valence-electron chi connectivity index (χ3n) is 4.20. The van der Waals surface area contributed by atoms with Crippen molar-refractivity contribution in [3.63, 3.8) is 0 Å². The van der Waals surface area contributed by atoms with Crippen LogP contribution in [0.5, 0.6) is 0 Å². The number of sulfonamides is 1. The summed E-state index contributed by atoms with van der Waals surface area (Å²) >= 11 is 0. The molecule has 3 rings (SSSR count). The number of nitro groups is 1. The van der Waals surface area contributed by atoms with Crippen LogP contribution in [0.4, 0.5) is 15.8 Å². The van der Waals surface area contributed by atoms with Crippen molar-refractivity contribution < 1.29 is 31.7 Å². The molecule has 0 atom stereocenters. The molecule has 0 spiro atoms. The molecule has 10 nitrogen and oxygen atoms in total.